The van der Waals surface area contributed by atoms with Crippen LogP contribution in [0.4, 0.5) is 5.69 Å². The second-order valence-electron chi connectivity index (χ2n) is 2.81. The largest absolute Gasteiger partial charge is 0.397 e. The third kappa shape index (κ3) is 1.41. The highest BCUT2D eigenvalue weighted by atomic mass is 32.2. The molecule has 0 aliphatic rings. The van der Waals surface area contributed by atoms with Gasteiger partial charge in [-0.2, -0.15) is 0 Å². The number of hydrogen-bond acceptors (Lipinski definition) is 4. The Balaban J connectivity index is 2.75. The molecule has 0 aliphatic heterocycles. The third-order valence-corrected chi connectivity index (χ3v) is 3.46. The number of fused-ring (bicyclic) bond motifs is 1. The Morgan fingerprint density at radius 2 is 2.23 bits per heavy atom. The third-order valence-electron chi connectivity index (χ3n) is 1.95. The average molecular weight is 211 g/mol. The molecule has 2 nitrogen and oxygen atoms in total. The van der Waals surface area contributed by atoms with Gasteiger partial charge in [0, 0.05) is 10.1 Å². The average Bonchev–Trinajstić information content (AvgIpc) is 2.43. The highest BCUT2D eigenvalue weighted by Crippen LogP contribution is 2.36. The van der Waals surface area contributed by atoms with E-state index in [1.165, 1.54) is 0 Å². The zero-order chi connectivity index (χ0) is 9.42. The van der Waals surface area contributed by atoms with Crippen molar-refractivity contribution in [3.8, 4) is 0 Å². The van der Waals surface area contributed by atoms with Crippen molar-refractivity contribution in [2.75, 3.05) is 5.73 Å². The Morgan fingerprint density at radius 3 is 2.92 bits per heavy atom. The fourth-order valence-electron chi connectivity index (χ4n) is 1.25. The minimum absolute atomic E-state index is 0.0487. The number of aliphatic hydroxyl groups is 1. The van der Waals surface area contributed by atoms with E-state index in [0.29, 0.717) is 5.69 Å². The van der Waals surface area contributed by atoms with E-state index in [1.54, 1.807) is 11.3 Å². The van der Waals surface area contributed by atoms with Crippen molar-refractivity contribution in [1.29, 1.82) is 0 Å². The van der Waals surface area contributed by atoms with Crippen LogP contribution in [0.5, 0.6) is 0 Å². The molecule has 68 valence electrons. The maximum absolute atomic E-state index is 8.94. The quantitative estimate of drug-likeness (QED) is 0.634. The lowest BCUT2D eigenvalue weighted by molar-refractivity contribution is 0.282. The summed E-state index contributed by atoms with van der Waals surface area (Å²) in [6.07, 6.45) is 0. The van der Waals surface area contributed by atoms with Gasteiger partial charge in [0.1, 0.15) is 0 Å². The van der Waals surface area contributed by atoms with Gasteiger partial charge < -0.3 is 10.8 Å². The zero-order valence-electron chi connectivity index (χ0n) is 6.82. The maximum atomic E-state index is 8.94. The Bertz CT molecular complexity index is 450. The fourth-order valence-corrected chi connectivity index (χ4v) is 2.51. The number of rotatable bonds is 1. The van der Waals surface area contributed by atoms with Gasteiger partial charge in [-0.1, -0.05) is 6.07 Å². The summed E-state index contributed by atoms with van der Waals surface area (Å²) in [5, 5.41) is 9.93. The lowest BCUT2D eigenvalue weighted by Gasteiger charge is -1.96. The molecule has 13 heavy (non-hydrogen) atoms. The minimum atomic E-state index is 0.0487. The summed E-state index contributed by atoms with van der Waals surface area (Å²) in [5.41, 5.74) is 7.40. The maximum Gasteiger partial charge on any atom is 0.0811 e. The summed E-state index contributed by atoms with van der Waals surface area (Å²) in [7, 11) is 0. The molecule has 4 heteroatoms. The van der Waals surface area contributed by atoms with Gasteiger partial charge in [0.25, 0.3) is 0 Å². The molecule has 0 radical (unpaired) electrons. The molecular formula is C9H9NOS2. The Hall–Kier alpha value is -0.710. The van der Waals surface area contributed by atoms with Crippen molar-refractivity contribution in [1.82, 2.24) is 0 Å². The molecule has 0 spiro atoms. The van der Waals surface area contributed by atoms with Crippen molar-refractivity contribution < 1.29 is 5.11 Å². The van der Waals surface area contributed by atoms with Crippen LogP contribution in [0.1, 0.15) is 5.56 Å². The summed E-state index contributed by atoms with van der Waals surface area (Å²) in [6, 6.07) is 5.76. The molecule has 0 bridgehead atoms. The van der Waals surface area contributed by atoms with E-state index in [0.717, 1.165) is 19.9 Å². The molecule has 0 atom stereocenters. The highest BCUT2D eigenvalue weighted by molar-refractivity contribution is 7.83. The normalized spacial score (nSPS) is 10.9. The lowest BCUT2D eigenvalue weighted by Crippen LogP contribution is -1.85. The van der Waals surface area contributed by atoms with Crippen molar-refractivity contribution in [2.45, 2.75) is 10.8 Å². The van der Waals surface area contributed by atoms with Crippen LogP contribution in [-0.2, 0) is 6.61 Å². The van der Waals surface area contributed by atoms with E-state index >= 15 is 0 Å². The molecule has 0 aliphatic carbocycles. The number of anilines is 1. The van der Waals surface area contributed by atoms with Crippen molar-refractivity contribution in [3.05, 3.63) is 23.8 Å². The summed E-state index contributed by atoms with van der Waals surface area (Å²) >= 11 is 5.81. The molecule has 1 aromatic carbocycles. The van der Waals surface area contributed by atoms with Crippen molar-refractivity contribution >= 4 is 39.7 Å². The topological polar surface area (TPSA) is 46.2 Å². The van der Waals surface area contributed by atoms with E-state index in [9.17, 15) is 0 Å². The molecule has 0 saturated heterocycles. The lowest BCUT2D eigenvalue weighted by atomic mass is 10.1. The van der Waals surface area contributed by atoms with Crippen LogP contribution in [0.2, 0.25) is 0 Å². The summed E-state index contributed by atoms with van der Waals surface area (Å²) in [6.45, 7) is 0.0487. The SMILES string of the molecule is Nc1c(S)sc2ccc(CO)cc12. The van der Waals surface area contributed by atoms with Crippen molar-refractivity contribution in [3.63, 3.8) is 0 Å². The van der Waals surface area contributed by atoms with Crippen LogP contribution in [-0.4, -0.2) is 5.11 Å². The monoisotopic (exact) mass is 211 g/mol. The predicted octanol–water partition coefficient (Wildman–Crippen LogP) is 2.26. The van der Waals surface area contributed by atoms with E-state index in [1.807, 2.05) is 18.2 Å². The van der Waals surface area contributed by atoms with Crippen LogP contribution < -0.4 is 5.73 Å². The molecule has 1 heterocycles. The van der Waals surface area contributed by atoms with Crippen LogP contribution in [0.3, 0.4) is 0 Å². The van der Waals surface area contributed by atoms with Gasteiger partial charge in [-0.05, 0) is 17.7 Å². The molecule has 0 saturated carbocycles. The molecular weight excluding hydrogens is 202 g/mol. The smallest absolute Gasteiger partial charge is 0.0811 e. The van der Waals surface area contributed by atoms with Crippen molar-refractivity contribution in [2.24, 2.45) is 0 Å². The first-order valence-electron chi connectivity index (χ1n) is 3.83. The summed E-state index contributed by atoms with van der Waals surface area (Å²) in [4.78, 5) is 0. The zero-order valence-corrected chi connectivity index (χ0v) is 8.53. The first kappa shape index (κ1) is 8.87. The van der Waals surface area contributed by atoms with Gasteiger partial charge in [0.15, 0.2) is 0 Å². The van der Waals surface area contributed by atoms with Crippen LogP contribution >= 0.6 is 24.0 Å². The number of thiol groups is 1. The first-order valence-corrected chi connectivity index (χ1v) is 5.09. The van der Waals surface area contributed by atoms with Gasteiger partial charge in [0.05, 0.1) is 16.5 Å². The molecule has 2 rings (SSSR count). The molecule has 0 amide bonds. The Kier molecular flexibility index (Phi) is 2.19. The standard InChI is InChI=1S/C9H9NOS2/c10-8-6-3-5(4-11)1-2-7(6)13-9(8)12/h1-3,11-12H,4,10H2. The number of nitrogen functional groups attached to an aromatic ring is 1. The predicted molar refractivity (Wildman–Crippen MR) is 59.4 cm³/mol. The van der Waals surface area contributed by atoms with E-state index in [2.05, 4.69) is 12.6 Å². The van der Waals surface area contributed by atoms with Crippen LogP contribution in [0.15, 0.2) is 22.4 Å². The van der Waals surface area contributed by atoms with Gasteiger partial charge in [-0.15, -0.1) is 24.0 Å². The van der Waals surface area contributed by atoms with Crippen LogP contribution in [0.25, 0.3) is 10.1 Å². The van der Waals surface area contributed by atoms with Crippen LogP contribution in [0, 0.1) is 0 Å². The molecule has 2 aromatic rings. The number of benzene rings is 1. The molecule has 1 aromatic heterocycles. The highest BCUT2D eigenvalue weighted by Gasteiger charge is 2.06. The second kappa shape index (κ2) is 3.21. The van der Waals surface area contributed by atoms with E-state index < -0.39 is 0 Å². The van der Waals surface area contributed by atoms with E-state index in [4.69, 9.17) is 10.8 Å². The number of nitrogens with two attached hydrogens (primary N) is 1. The van der Waals surface area contributed by atoms with E-state index in [-0.39, 0.29) is 6.61 Å². The van der Waals surface area contributed by atoms with Gasteiger partial charge in [-0.25, -0.2) is 0 Å². The number of thiophene rings is 1. The number of hydrogen-bond donors (Lipinski definition) is 3. The summed E-state index contributed by atoms with van der Waals surface area (Å²) in [5.74, 6) is 0. The summed E-state index contributed by atoms with van der Waals surface area (Å²) < 4.78 is 1.95. The molecule has 3 N–H and O–H groups in total. The van der Waals surface area contributed by atoms with Gasteiger partial charge in [0.2, 0.25) is 0 Å². The minimum Gasteiger partial charge on any atom is -0.397 e. The Morgan fingerprint density at radius 1 is 1.46 bits per heavy atom. The van der Waals surface area contributed by atoms with Gasteiger partial charge in [-0.3, -0.25) is 0 Å². The first-order chi connectivity index (χ1) is 6.22. The number of aliphatic hydroxyl groups excluding tert-OH is 1. The fraction of sp³-hybridized carbons (Fsp3) is 0.111. The Labute approximate surface area is 85.4 Å². The second-order valence-corrected chi connectivity index (χ2v) is 4.61. The molecule has 0 unspecified atom stereocenters. The molecule has 0 fully saturated rings. The van der Waals surface area contributed by atoms with Gasteiger partial charge >= 0.3 is 0 Å².